The average molecular weight is 1390 g/mol. The molecule has 8 atom stereocenters. The number of anilines is 4. The van der Waals surface area contributed by atoms with E-state index < -0.39 is 35.2 Å². The van der Waals surface area contributed by atoms with E-state index in [1.54, 1.807) is 33.1 Å². The van der Waals surface area contributed by atoms with Gasteiger partial charge in [-0.05, 0) is 145 Å². The number of hydrogen-bond acceptors (Lipinski definition) is 20. The first-order valence-corrected chi connectivity index (χ1v) is 35.8. The van der Waals surface area contributed by atoms with Crippen LogP contribution in [0.2, 0.25) is 0 Å². The average Bonchev–Trinajstić information content (AvgIpc) is 1.71. The van der Waals surface area contributed by atoms with E-state index in [-0.39, 0.29) is 60.9 Å². The maximum Gasteiger partial charge on any atom is 0.412 e. The Balaban J connectivity index is 0.000000165. The van der Waals surface area contributed by atoms with Gasteiger partial charge in [-0.2, -0.15) is 30.1 Å². The minimum atomic E-state index is -1.04. The zero-order chi connectivity index (χ0) is 70.7. The molecule has 0 bridgehead atoms. The van der Waals surface area contributed by atoms with Gasteiger partial charge >= 0.3 is 18.1 Å². The van der Waals surface area contributed by atoms with E-state index in [4.69, 9.17) is 54.1 Å². The molecule has 10 aliphatic heterocycles. The Morgan fingerprint density at radius 3 is 1.55 bits per heavy atom. The molecule has 4 fully saturated rings. The van der Waals surface area contributed by atoms with E-state index in [1.165, 1.54) is 9.80 Å². The molecular formula is C73H94F2N16O10. The molecule has 0 radical (unpaired) electrons. The monoisotopic (exact) mass is 1390 g/mol. The Kier molecular flexibility index (Phi) is 17.9. The topological polar surface area (TPSA) is 263 Å². The molecular weight excluding hydrogens is 1300 g/mol. The van der Waals surface area contributed by atoms with Crippen LogP contribution in [0.1, 0.15) is 175 Å². The minimum Gasteiger partial charge on any atom is -0.465 e. The molecule has 0 aliphatic carbocycles. The SMILES string of the molecule is C[C@@H]1OC[C@@]2(Cc3nc(OC[C@@]45CCCN4C[C@H](F)C5)nc(N4CCCn5nc(C(=O)N(C)C)cc5C4)c3CO2)c2cc(N(C(=O)O)C(C)(C)C)ccc21.C[C@@H]1OC[C@@]2(Cc3nc(OC[C@@]45CCCN4C[C@H](F)C5)nc(N4CCCn5nc(C(=O)N(C)C)cc5C4)c3CO2)c2cc(N)ccc21. The van der Waals surface area contributed by atoms with Gasteiger partial charge in [0.2, 0.25) is 0 Å². The summed E-state index contributed by atoms with van der Waals surface area (Å²) < 4.78 is 72.4. The normalized spacial score (nSPS) is 27.4. The lowest BCUT2D eigenvalue weighted by atomic mass is 9.80. The van der Waals surface area contributed by atoms with Gasteiger partial charge in [0.1, 0.15) is 48.4 Å². The van der Waals surface area contributed by atoms with Crippen LogP contribution in [0.4, 0.5) is 36.6 Å². The van der Waals surface area contributed by atoms with Gasteiger partial charge in [0.15, 0.2) is 11.4 Å². The quantitative estimate of drug-likeness (QED) is 0.115. The lowest BCUT2D eigenvalue weighted by Crippen LogP contribution is -2.47. The fourth-order valence-electron chi connectivity index (χ4n) is 17.5. The summed E-state index contributed by atoms with van der Waals surface area (Å²) in [6.45, 7) is 17.8. The molecule has 16 rings (SSSR count). The highest BCUT2D eigenvalue weighted by molar-refractivity contribution is 5.92. The molecule has 10 aliphatic rings. The van der Waals surface area contributed by atoms with Crippen molar-refractivity contribution in [3.05, 3.63) is 116 Å². The van der Waals surface area contributed by atoms with Gasteiger partial charge in [0.05, 0.1) is 85.6 Å². The first-order valence-electron chi connectivity index (χ1n) is 35.8. The van der Waals surface area contributed by atoms with Crippen molar-refractivity contribution in [2.45, 2.75) is 191 Å². The van der Waals surface area contributed by atoms with Crippen LogP contribution in [0.5, 0.6) is 12.0 Å². The second-order valence-corrected chi connectivity index (χ2v) is 30.9. The summed E-state index contributed by atoms with van der Waals surface area (Å²) in [6.07, 6.45) is 4.05. The van der Waals surface area contributed by atoms with E-state index in [2.05, 4.69) is 29.8 Å². The predicted octanol–water partition coefficient (Wildman–Crippen LogP) is 8.46. The lowest BCUT2D eigenvalue weighted by molar-refractivity contribution is -0.148. The zero-order valence-electron chi connectivity index (χ0n) is 59.5. The third-order valence-corrected chi connectivity index (χ3v) is 22.6. The first kappa shape index (κ1) is 68.6. The highest BCUT2D eigenvalue weighted by Crippen LogP contribution is 2.50. The number of aryl methyl sites for hydroxylation is 2. The summed E-state index contributed by atoms with van der Waals surface area (Å²) >= 11 is 0. The number of amides is 3. The Morgan fingerprint density at radius 1 is 0.634 bits per heavy atom. The van der Waals surface area contributed by atoms with Gasteiger partial charge in [-0.1, -0.05) is 12.1 Å². The molecule has 26 nitrogen and oxygen atoms in total. The standard InChI is InChI=1S/C39H51FN8O6.C34H43FN8O4/c1-24-28-10-9-26(48(36(50)51)37(2,3)4)15-30(28)39(23-52-24)18-32-29(21-54-39)33(42-35(41-32)53-22-38-11-7-13-46(38)19-25(40)17-38)45-12-8-14-47-27(20-45)16-31(43-47)34(49)44(5)6;1-21-25-7-6-23(36)12-27(25)34(20-45-21)15-29-26(18-47-34)30(38-32(37-29)46-19-33-8-4-10-42(33)16-22(35)14-33)41-9-5-11-43-24(17-41)13-28(39-43)31(44)40(2)3/h9-10,15-16,24-25H,7-8,11-14,17-23H2,1-6H3,(H,50,51);6-7,12-13,21-22H,4-5,8-11,14-20,36H2,1-3H3/t24-,25+,38-,39-;21-,22+,33-,34-/m00/s1. The van der Waals surface area contributed by atoms with Crippen molar-refractivity contribution in [2.75, 3.05) is 114 Å². The molecule has 28 heteroatoms. The van der Waals surface area contributed by atoms with E-state index in [1.807, 2.05) is 92.5 Å². The highest BCUT2D eigenvalue weighted by Gasteiger charge is 2.53. The van der Waals surface area contributed by atoms with Crippen molar-refractivity contribution >= 4 is 40.9 Å². The van der Waals surface area contributed by atoms with Gasteiger partial charge in [0, 0.05) is 121 Å². The number of rotatable bonds is 11. The second-order valence-electron chi connectivity index (χ2n) is 30.9. The summed E-state index contributed by atoms with van der Waals surface area (Å²) in [5, 5.41) is 19.5. The van der Waals surface area contributed by atoms with Crippen LogP contribution in [-0.2, 0) is 82.4 Å². The summed E-state index contributed by atoms with van der Waals surface area (Å²) in [5.41, 5.74) is 14.4. The second kappa shape index (κ2) is 26.3. The molecule has 0 unspecified atom stereocenters. The number of carbonyl (C=O) groups is 3. The molecule has 540 valence electrons. The van der Waals surface area contributed by atoms with Crippen molar-refractivity contribution in [1.82, 2.24) is 59.1 Å². The van der Waals surface area contributed by atoms with Gasteiger partial charge < -0.3 is 58.9 Å². The van der Waals surface area contributed by atoms with Gasteiger partial charge in [-0.25, -0.2) is 13.6 Å². The summed E-state index contributed by atoms with van der Waals surface area (Å²) in [4.78, 5) is 71.6. The Bertz CT molecular complexity index is 4200. The van der Waals surface area contributed by atoms with Crippen LogP contribution in [0.25, 0.3) is 0 Å². The molecule has 14 heterocycles. The predicted molar refractivity (Wildman–Crippen MR) is 370 cm³/mol. The summed E-state index contributed by atoms with van der Waals surface area (Å²) in [7, 11) is 6.90. The highest BCUT2D eigenvalue weighted by atomic mass is 19.1. The van der Waals surface area contributed by atoms with Crippen LogP contribution in [0.3, 0.4) is 0 Å². The molecule has 0 saturated carbocycles. The number of ether oxygens (including phenoxy) is 6. The molecule has 3 N–H and O–H groups in total. The zero-order valence-corrected chi connectivity index (χ0v) is 59.5. The Hall–Kier alpha value is -8.15. The molecule has 3 amide bonds. The van der Waals surface area contributed by atoms with Gasteiger partial charge in [0.25, 0.3) is 11.8 Å². The maximum atomic E-state index is 14.7. The third kappa shape index (κ3) is 12.7. The van der Waals surface area contributed by atoms with Crippen LogP contribution in [0.15, 0.2) is 48.5 Å². The number of nitrogens with zero attached hydrogens (tertiary/aromatic N) is 15. The number of nitrogen functional groups attached to an aromatic ring is 1. The largest absolute Gasteiger partial charge is 0.465 e. The van der Waals surface area contributed by atoms with Crippen LogP contribution in [0, 0.1) is 0 Å². The lowest BCUT2D eigenvalue weighted by Gasteiger charge is -2.45. The van der Waals surface area contributed by atoms with E-state index >= 15 is 0 Å². The van der Waals surface area contributed by atoms with Crippen LogP contribution >= 0.6 is 0 Å². The molecule has 4 saturated heterocycles. The maximum absolute atomic E-state index is 14.7. The number of carboxylic acid groups (broad SMARTS) is 1. The fraction of sp³-hybridized carbons (Fsp3) is 0.603. The molecule has 2 aromatic carbocycles. The Labute approximate surface area is 587 Å². The van der Waals surface area contributed by atoms with E-state index in [0.717, 1.165) is 120 Å². The summed E-state index contributed by atoms with van der Waals surface area (Å²) in [5.74, 6) is 1.17. The van der Waals surface area contributed by atoms with Gasteiger partial charge in [-0.3, -0.25) is 33.7 Å². The number of carbonyl (C=O) groups excluding carboxylic acids is 2. The van der Waals surface area contributed by atoms with Crippen molar-refractivity contribution in [3.8, 4) is 12.0 Å². The fourth-order valence-corrected chi connectivity index (χ4v) is 17.5. The van der Waals surface area contributed by atoms with Crippen LogP contribution < -0.4 is 29.9 Å². The third-order valence-electron chi connectivity index (χ3n) is 22.6. The molecule has 6 aromatic rings. The number of halogens is 2. The minimum absolute atomic E-state index is 0.0772. The van der Waals surface area contributed by atoms with E-state index in [9.17, 15) is 28.3 Å². The number of alkyl halides is 2. The molecule has 2 spiro atoms. The van der Waals surface area contributed by atoms with Crippen molar-refractivity contribution < 1.29 is 56.7 Å². The molecule has 101 heavy (non-hydrogen) atoms. The van der Waals surface area contributed by atoms with Crippen LogP contribution in [-0.4, -0.2) is 205 Å². The van der Waals surface area contributed by atoms with Crippen molar-refractivity contribution in [2.24, 2.45) is 0 Å². The van der Waals surface area contributed by atoms with E-state index in [0.29, 0.717) is 126 Å². The number of nitrogens with two attached hydrogens (primary N) is 1. The number of benzene rings is 2. The first-order chi connectivity index (χ1) is 48.3. The number of aromatic nitrogens is 8. The Morgan fingerprint density at radius 2 is 1.10 bits per heavy atom. The number of hydrogen-bond donors (Lipinski definition) is 2. The smallest absolute Gasteiger partial charge is 0.412 e. The van der Waals surface area contributed by atoms with Crippen molar-refractivity contribution in [1.29, 1.82) is 0 Å². The number of fused-ring (bicyclic) bond motifs is 10. The summed E-state index contributed by atoms with van der Waals surface area (Å²) in [6, 6.07) is 15.9. The van der Waals surface area contributed by atoms with Gasteiger partial charge in [-0.15, -0.1) is 0 Å². The molecule has 4 aromatic heterocycles. The van der Waals surface area contributed by atoms with Crippen molar-refractivity contribution in [3.63, 3.8) is 0 Å².